The maximum Gasteiger partial charge on any atom is 0.232 e. The molecular weight excluding hydrogens is 232 g/mol. The van der Waals surface area contributed by atoms with Gasteiger partial charge in [-0.1, -0.05) is 25.5 Å². The molecule has 18 heavy (non-hydrogen) atoms. The van der Waals surface area contributed by atoms with Crippen LogP contribution in [0.15, 0.2) is 23.3 Å². The standard InChI is InChI=1S/C14H14O4/c1-7-8(2)12-9(5-11(7)16)3-4-10(6-15)13(17)14(12)18/h3-4,6-8,12H,5H2,1-2H3. The number of rotatable bonds is 1. The summed E-state index contributed by atoms with van der Waals surface area (Å²) in [6.07, 6.45) is 3.51. The molecule has 0 N–H and O–H groups in total. The third-order valence-electron chi connectivity index (χ3n) is 3.97. The molecule has 3 unspecified atom stereocenters. The van der Waals surface area contributed by atoms with E-state index in [1.807, 2.05) is 0 Å². The van der Waals surface area contributed by atoms with Gasteiger partial charge in [-0.05, 0) is 12.0 Å². The molecular formula is C14H14O4. The Labute approximate surface area is 105 Å². The third kappa shape index (κ3) is 1.78. The molecule has 2 aliphatic rings. The molecule has 0 aromatic carbocycles. The summed E-state index contributed by atoms with van der Waals surface area (Å²) in [5.74, 6) is -2.22. The number of fused-ring (bicyclic) bond motifs is 1. The first-order valence-electron chi connectivity index (χ1n) is 5.94. The second kappa shape index (κ2) is 4.44. The van der Waals surface area contributed by atoms with Gasteiger partial charge in [-0.15, -0.1) is 0 Å². The number of Topliss-reactive ketones (excluding diaryl/α,β-unsaturated/α-hetero) is 3. The Bertz CT molecular complexity index is 510. The Hall–Kier alpha value is -1.84. The molecule has 0 spiro atoms. The topological polar surface area (TPSA) is 68.3 Å². The van der Waals surface area contributed by atoms with Gasteiger partial charge in [-0.2, -0.15) is 0 Å². The molecule has 0 radical (unpaired) electrons. The molecule has 4 heteroatoms. The fraction of sp³-hybridized carbons (Fsp3) is 0.429. The van der Waals surface area contributed by atoms with Crippen molar-refractivity contribution in [2.75, 3.05) is 0 Å². The summed E-state index contributed by atoms with van der Waals surface area (Å²) in [4.78, 5) is 46.4. The van der Waals surface area contributed by atoms with Crippen LogP contribution in [0.25, 0.3) is 0 Å². The zero-order chi connectivity index (χ0) is 13.4. The first kappa shape index (κ1) is 12.6. The van der Waals surface area contributed by atoms with Gasteiger partial charge in [0.05, 0.1) is 11.5 Å². The van der Waals surface area contributed by atoms with Crippen molar-refractivity contribution >= 4 is 23.6 Å². The van der Waals surface area contributed by atoms with Crippen LogP contribution in [0.2, 0.25) is 0 Å². The van der Waals surface area contributed by atoms with Crippen LogP contribution in [0.3, 0.4) is 0 Å². The molecule has 0 heterocycles. The van der Waals surface area contributed by atoms with E-state index in [9.17, 15) is 19.2 Å². The normalized spacial score (nSPS) is 32.3. The molecule has 2 aliphatic carbocycles. The van der Waals surface area contributed by atoms with Gasteiger partial charge in [0.15, 0.2) is 6.29 Å². The van der Waals surface area contributed by atoms with Gasteiger partial charge < -0.3 is 0 Å². The fourth-order valence-corrected chi connectivity index (χ4v) is 2.61. The second-order valence-corrected chi connectivity index (χ2v) is 4.94. The number of ketones is 3. The van der Waals surface area contributed by atoms with Gasteiger partial charge in [0.2, 0.25) is 11.6 Å². The summed E-state index contributed by atoms with van der Waals surface area (Å²) in [7, 11) is 0. The number of aldehydes is 1. The molecule has 4 nitrogen and oxygen atoms in total. The Kier molecular flexibility index (Phi) is 3.11. The number of carbonyl (C=O) groups is 4. The molecule has 0 bridgehead atoms. The molecule has 0 aromatic heterocycles. The molecule has 0 saturated heterocycles. The van der Waals surface area contributed by atoms with Gasteiger partial charge in [-0.25, -0.2) is 0 Å². The zero-order valence-corrected chi connectivity index (χ0v) is 10.3. The van der Waals surface area contributed by atoms with E-state index in [2.05, 4.69) is 0 Å². The lowest BCUT2D eigenvalue weighted by molar-refractivity contribution is -0.139. The van der Waals surface area contributed by atoms with Gasteiger partial charge in [-0.3, -0.25) is 19.2 Å². The Morgan fingerprint density at radius 3 is 2.44 bits per heavy atom. The lowest BCUT2D eigenvalue weighted by Gasteiger charge is -2.33. The van der Waals surface area contributed by atoms with Crippen molar-refractivity contribution < 1.29 is 19.2 Å². The van der Waals surface area contributed by atoms with Crippen LogP contribution in [-0.2, 0) is 19.2 Å². The average Bonchev–Trinajstić information content (AvgIpc) is 2.46. The number of allylic oxidation sites excluding steroid dienone is 4. The third-order valence-corrected chi connectivity index (χ3v) is 3.97. The predicted octanol–water partition coefficient (Wildman–Crippen LogP) is 1.05. The molecule has 0 aromatic rings. The van der Waals surface area contributed by atoms with Crippen LogP contribution < -0.4 is 0 Å². The highest BCUT2D eigenvalue weighted by molar-refractivity contribution is 6.49. The molecule has 0 amide bonds. The van der Waals surface area contributed by atoms with E-state index >= 15 is 0 Å². The fourth-order valence-electron chi connectivity index (χ4n) is 2.61. The van der Waals surface area contributed by atoms with Crippen molar-refractivity contribution in [3.8, 4) is 0 Å². The van der Waals surface area contributed by atoms with E-state index in [-0.39, 0.29) is 29.6 Å². The first-order chi connectivity index (χ1) is 8.47. The lowest BCUT2D eigenvalue weighted by Crippen LogP contribution is -2.39. The maximum absolute atomic E-state index is 12.1. The summed E-state index contributed by atoms with van der Waals surface area (Å²) >= 11 is 0. The van der Waals surface area contributed by atoms with Crippen LogP contribution >= 0.6 is 0 Å². The highest BCUT2D eigenvalue weighted by Gasteiger charge is 2.43. The Balaban J connectivity index is 2.48. The van der Waals surface area contributed by atoms with Crippen molar-refractivity contribution in [2.24, 2.45) is 17.8 Å². The maximum atomic E-state index is 12.1. The SMILES string of the molecule is CC1C(=O)CC2=CC=C(C=O)C(=O)C(=O)C2C1C. The first-order valence-corrected chi connectivity index (χ1v) is 5.94. The Morgan fingerprint density at radius 2 is 1.83 bits per heavy atom. The van der Waals surface area contributed by atoms with E-state index in [1.54, 1.807) is 19.9 Å². The largest absolute Gasteiger partial charge is 0.299 e. The van der Waals surface area contributed by atoms with Crippen LogP contribution in [0.1, 0.15) is 20.3 Å². The summed E-state index contributed by atoms with van der Waals surface area (Å²) in [6.45, 7) is 3.58. The van der Waals surface area contributed by atoms with E-state index in [4.69, 9.17) is 0 Å². The van der Waals surface area contributed by atoms with Crippen molar-refractivity contribution in [3.05, 3.63) is 23.3 Å². The molecule has 94 valence electrons. The minimum atomic E-state index is -0.741. The van der Waals surface area contributed by atoms with E-state index in [0.717, 1.165) is 0 Å². The summed E-state index contributed by atoms with van der Waals surface area (Å²) in [6, 6.07) is 0. The zero-order valence-electron chi connectivity index (χ0n) is 10.3. The van der Waals surface area contributed by atoms with Gasteiger partial charge in [0.25, 0.3) is 0 Å². The van der Waals surface area contributed by atoms with Crippen molar-refractivity contribution in [3.63, 3.8) is 0 Å². The average molecular weight is 246 g/mol. The molecule has 1 saturated carbocycles. The summed E-state index contributed by atoms with van der Waals surface area (Å²) in [5, 5.41) is 0. The van der Waals surface area contributed by atoms with Gasteiger partial charge in [0.1, 0.15) is 5.78 Å². The van der Waals surface area contributed by atoms with Crippen LogP contribution in [0.4, 0.5) is 0 Å². The quantitative estimate of drug-likeness (QED) is 0.394. The molecule has 1 fully saturated rings. The van der Waals surface area contributed by atoms with Crippen LogP contribution in [0.5, 0.6) is 0 Å². The molecule has 3 atom stereocenters. The minimum absolute atomic E-state index is 0.0770. The predicted molar refractivity (Wildman–Crippen MR) is 63.7 cm³/mol. The highest BCUT2D eigenvalue weighted by atomic mass is 16.2. The van der Waals surface area contributed by atoms with Crippen molar-refractivity contribution in [1.29, 1.82) is 0 Å². The number of hydrogen-bond donors (Lipinski definition) is 0. The highest BCUT2D eigenvalue weighted by Crippen LogP contribution is 2.38. The molecule has 2 rings (SSSR count). The minimum Gasteiger partial charge on any atom is -0.299 e. The van der Waals surface area contributed by atoms with E-state index in [1.165, 1.54) is 6.08 Å². The monoisotopic (exact) mass is 246 g/mol. The van der Waals surface area contributed by atoms with E-state index < -0.39 is 17.5 Å². The van der Waals surface area contributed by atoms with Crippen LogP contribution in [-0.4, -0.2) is 23.6 Å². The smallest absolute Gasteiger partial charge is 0.232 e. The molecule has 0 aliphatic heterocycles. The van der Waals surface area contributed by atoms with E-state index in [0.29, 0.717) is 11.9 Å². The van der Waals surface area contributed by atoms with Crippen molar-refractivity contribution in [2.45, 2.75) is 20.3 Å². The second-order valence-electron chi connectivity index (χ2n) is 4.94. The van der Waals surface area contributed by atoms with Gasteiger partial charge >= 0.3 is 0 Å². The van der Waals surface area contributed by atoms with Crippen LogP contribution in [0, 0.1) is 17.8 Å². The van der Waals surface area contributed by atoms with Crippen molar-refractivity contribution in [1.82, 2.24) is 0 Å². The summed E-state index contributed by atoms with van der Waals surface area (Å²) < 4.78 is 0. The van der Waals surface area contributed by atoms with Gasteiger partial charge in [0, 0.05) is 12.3 Å². The summed E-state index contributed by atoms with van der Waals surface area (Å²) in [5.41, 5.74) is 0.523. The Morgan fingerprint density at radius 1 is 1.17 bits per heavy atom. The lowest BCUT2D eigenvalue weighted by atomic mass is 9.68. The number of hydrogen-bond acceptors (Lipinski definition) is 4. The number of carbonyl (C=O) groups excluding carboxylic acids is 4.